The van der Waals surface area contributed by atoms with Crippen molar-refractivity contribution in [3.63, 3.8) is 0 Å². The first-order valence-corrected chi connectivity index (χ1v) is 14.5. The van der Waals surface area contributed by atoms with E-state index >= 15 is 0 Å². The number of aromatic nitrogens is 2. The van der Waals surface area contributed by atoms with Gasteiger partial charge >= 0.3 is 0 Å². The Morgan fingerprint density at radius 2 is 1.60 bits per heavy atom. The molecule has 0 bridgehead atoms. The van der Waals surface area contributed by atoms with Gasteiger partial charge in [-0.3, -0.25) is 14.3 Å². The highest BCUT2D eigenvalue weighted by Crippen LogP contribution is 2.27. The maximum Gasteiger partial charge on any atom is 0.227 e. The normalized spacial score (nSPS) is 18.6. The Balaban J connectivity index is 1.11. The van der Waals surface area contributed by atoms with Crippen LogP contribution in [-0.2, 0) is 11.3 Å². The van der Waals surface area contributed by atoms with E-state index < -0.39 is 0 Å². The van der Waals surface area contributed by atoms with Gasteiger partial charge in [-0.2, -0.15) is 0 Å². The fourth-order valence-corrected chi connectivity index (χ4v) is 6.17. The van der Waals surface area contributed by atoms with Crippen LogP contribution in [0.2, 0.25) is 0 Å². The number of piperazine rings is 1. The molecule has 0 saturated carbocycles. The van der Waals surface area contributed by atoms with E-state index in [2.05, 4.69) is 63.4 Å². The number of anilines is 1. The molecule has 0 aliphatic carbocycles. The first kappa shape index (κ1) is 26.5. The number of para-hydroxylation sites is 2. The molecule has 2 fully saturated rings. The molecule has 1 amide bonds. The van der Waals surface area contributed by atoms with Crippen molar-refractivity contribution in [2.75, 3.05) is 44.2 Å². The van der Waals surface area contributed by atoms with Gasteiger partial charge < -0.3 is 9.80 Å². The van der Waals surface area contributed by atoms with Gasteiger partial charge in [0, 0.05) is 44.1 Å². The van der Waals surface area contributed by atoms with Gasteiger partial charge in [-0.15, -0.1) is 0 Å². The van der Waals surface area contributed by atoms with Gasteiger partial charge in [-0.05, 0) is 79.4 Å². The zero-order chi connectivity index (χ0) is 27.6. The molecule has 40 heavy (non-hydrogen) atoms. The molecule has 1 atom stereocenters. The number of halogens is 1. The van der Waals surface area contributed by atoms with Crippen LogP contribution in [0.1, 0.15) is 44.0 Å². The van der Waals surface area contributed by atoms with Gasteiger partial charge in [0.1, 0.15) is 11.6 Å². The lowest BCUT2D eigenvalue weighted by molar-refractivity contribution is -0.137. The first-order valence-electron chi connectivity index (χ1n) is 14.5. The lowest BCUT2D eigenvalue weighted by Crippen LogP contribution is -2.52. The smallest absolute Gasteiger partial charge is 0.227 e. The molecular formula is C33H38FN5O. The topological polar surface area (TPSA) is 44.6 Å². The van der Waals surface area contributed by atoms with E-state index in [1.165, 1.54) is 23.4 Å². The van der Waals surface area contributed by atoms with E-state index in [1.54, 1.807) is 12.1 Å². The van der Waals surface area contributed by atoms with E-state index in [9.17, 15) is 9.18 Å². The standard InChI is InChI=1S/C33H38FN5O/c1-24(2)25-9-13-28(14-10-25)37-18-20-38(21-19-37)33(40)26-6-5-17-36(22-26)23-32-35-30-7-3-4-8-31(30)39(32)29-15-11-27(34)12-16-29/h3-4,7-16,24,26H,5-6,17-23H2,1-2H3/t26-/m1/s1. The third-order valence-electron chi connectivity index (χ3n) is 8.45. The van der Waals surface area contributed by atoms with Crippen molar-refractivity contribution in [2.45, 2.75) is 39.2 Å². The van der Waals surface area contributed by atoms with E-state index in [0.29, 0.717) is 12.5 Å². The summed E-state index contributed by atoms with van der Waals surface area (Å²) in [4.78, 5) is 25.4. The van der Waals surface area contributed by atoms with Crippen molar-refractivity contribution in [3.05, 3.63) is 90.0 Å². The number of rotatable bonds is 6. The molecule has 0 spiro atoms. The third kappa shape index (κ3) is 5.48. The Labute approximate surface area is 236 Å². The van der Waals surface area contributed by atoms with Crippen LogP contribution >= 0.6 is 0 Å². The summed E-state index contributed by atoms with van der Waals surface area (Å²) >= 11 is 0. The second-order valence-electron chi connectivity index (χ2n) is 11.5. The highest BCUT2D eigenvalue weighted by Gasteiger charge is 2.32. The Morgan fingerprint density at radius 1 is 0.900 bits per heavy atom. The number of hydrogen-bond acceptors (Lipinski definition) is 4. The fourth-order valence-electron chi connectivity index (χ4n) is 6.17. The van der Waals surface area contributed by atoms with E-state index in [0.717, 1.165) is 74.7 Å². The SMILES string of the molecule is CC(C)c1ccc(N2CCN(C(=O)[C@@H]3CCCN(Cc4nc5ccccc5n4-c4ccc(F)cc4)C3)CC2)cc1. The van der Waals surface area contributed by atoms with Crippen LogP contribution in [0.25, 0.3) is 16.7 Å². The van der Waals surface area contributed by atoms with E-state index in [4.69, 9.17) is 4.98 Å². The molecule has 4 aromatic rings. The van der Waals surface area contributed by atoms with E-state index in [1.807, 2.05) is 18.2 Å². The Bertz CT molecular complexity index is 1450. The van der Waals surface area contributed by atoms with Crippen molar-refractivity contribution in [2.24, 2.45) is 5.92 Å². The summed E-state index contributed by atoms with van der Waals surface area (Å²) in [6, 6.07) is 23.5. The molecule has 3 heterocycles. The minimum absolute atomic E-state index is 0.00859. The molecule has 3 aromatic carbocycles. The van der Waals surface area contributed by atoms with Crippen LogP contribution in [0.5, 0.6) is 0 Å². The summed E-state index contributed by atoms with van der Waals surface area (Å²) in [5.41, 5.74) is 5.41. The molecular weight excluding hydrogens is 501 g/mol. The summed E-state index contributed by atoms with van der Waals surface area (Å²) in [6.07, 6.45) is 1.93. The number of carbonyl (C=O) groups excluding carboxylic acids is 1. The highest BCUT2D eigenvalue weighted by molar-refractivity contribution is 5.80. The number of fused-ring (bicyclic) bond motifs is 1. The van der Waals surface area contributed by atoms with Crippen LogP contribution in [0, 0.1) is 11.7 Å². The van der Waals surface area contributed by atoms with Crippen LogP contribution in [0.15, 0.2) is 72.8 Å². The van der Waals surface area contributed by atoms with Crippen LogP contribution in [-0.4, -0.2) is 64.5 Å². The summed E-state index contributed by atoms with van der Waals surface area (Å²) in [6.45, 7) is 10.0. The number of piperidine rings is 1. The van der Waals surface area contributed by atoms with Crippen molar-refractivity contribution < 1.29 is 9.18 Å². The molecule has 2 saturated heterocycles. The lowest BCUT2D eigenvalue weighted by Gasteiger charge is -2.39. The molecule has 6 rings (SSSR count). The molecule has 0 N–H and O–H groups in total. The number of benzene rings is 3. The minimum atomic E-state index is -0.253. The van der Waals surface area contributed by atoms with Crippen molar-refractivity contribution in [1.82, 2.24) is 19.4 Å². The van der Waals surface area contributed by atoms with Gasteiger partial charge in [-0.1, -0.05) is 38.1 Å². The molecule has 208 valence electrons. The number of nitrogens with zero attached hydrogens (tertiary/aromatic N) is 5. The molecule has 2 aliphatic heterocycles. The van der Waals surface area contributed by atoms with Gasteiger partial charge in [-0.25, -0.2) is 9.37 Å². The predicted octanol–water partition coefficient (Wildman–Crippen LogP) is 5.85. The highest BCUT2D eigenvalue weighted by atomic mass is 19.1. The monoisotopic (exact) mass is 539 g/mol. The maximum atomic E-state index is 13.7. The molecule has 6 nitrogen and oxygen atoms in total. The average molecular weight is 540 g/mol. The number of imidazole rings is 1. The average Bonchev–Trinajstić information content (AvgIpc) is 3.35. The lowest BCUT2D eigenvalue weighted by atomic mass is 9.96. The zero-order valence-corrected chi connectivity index (χ0v) is 23.5. The van der Waals surface area contributed by atoms with Crippen molar-refractivity contribution in [1.29, 1.82) is 0 Å². The number of likely N-dealkylation sites (tertiary alicyclic amines) is 1. The van der Waals surface area contributed by atoms with Gasteiger partial charge in [0.2, 0.25) is 5.91 Å². The van der Waals surface area contributed by atoms with Crippen LogP contribution in [0.4, 0.5) is 10.1 Å². The fraction of sp³-hybridized carbons (Fsp3) is 0.394. The van der Waals surface area contributed by atoms with Gasteiger partial charge in [0.15, 0.2) is 0 Å². The van der Waals surface area contributed by atoms with Crippen molar-refractivity contribution >= 4 is 22.6 Å². The second kappa shape index (κ2) is 11.4. The predicted molar refractivity (Wildman–Crippen MR) is 158 cm³/mol. The molecule has 2 aliphatic rings. The minimum Gasteiger partial charge on any atom is -0.368 e. The third-order valence-corrected chi connectivity index (χ3v) is 8.45. The Kier molecular flexibility index (Phi) is 7.57. The summed E-state index contributed by atoms with van der Waals surface area (Å²) in [5.74, 6) is 1.48. The number of carbonyl (C=O) groups is 1. The maximum absolute atomic E-state index is 13.7. The van der Waals surface area contributed by atoms with E-state index in [-0.39, 0.29) is 17.6 Å². The molecule has 7 heteroatoms. The summed E-state index contributed by atoms with van der Waals surface area (Å²) in [5, 5.41) is 0. The number of amides is 1. The van der Waals surface area contributed by atoms with Crippen molar-refractivity contribution in [3.8, 4) is 5.69 Å². The largest absolute Gasteiger partial charge is 0.368 e. The second-order valence-corrected chi connectivity index (χ2v) is 11.5. The Morgan fingerprint density at radius 3 is 2.33 bits per heavy atom. The van der Waals surface area contributed by atoms with Gasteiger partial charge in [0.05, 0.1) is 23.5 Å². The summed E-state index contributed by atoms with van der Waals surface area (Å²) < 4.78 is 15.8. The Hall–Kier alpha value is -3.71. The molecule has 0 unspecified atom stereocenters. The first-order chi connectivity index (χ1) is 19.5. The van der Waals surface area contributed by atoms with Crippen LogP contribution < -0.4 is 4.90 Å². The summed E-state index contributed by atoms with van der Waals surface area (Å²) in [7, 11) is 0. The quantitative estimate of drug-likeness (QED) is 0.308. The van der Waals surface area contributed by atoms with Crippen LogP contribution in [0.3, 0.4) is 0 Å². The molecule has 0 radical (unpaired) electrons. The number of hydrogen-bond donors (Lipinski definition) is 0. The van der Waals surface area contributed by atoms with Gasteiger partial charge in [0.25, 0.3) is 0 Å². The zero-order valence-electron chi connectivity index (χ0n) is 23.5. The molecule has 1 aromatic heterocycles.